The van der Waals surface area contributed by atoms with Gasteiger partial charge >= 0.3 is 0 Å². The molecule has 0 radical (unpaired) electrons. The number of likely N-dealkylation sites (tertiary alicyclic amines) is 1. The molecule has 1 fully saturated rings. The number of nitrogens with one attached hydrogen (secondary N) is 1. The van der Waals surface area contributed by atoms with Crippen molar-refractivity contribution in [1.82, 2.24) is 10.2 Å². The topological polar surface area (TPSA) is 49.4 Å². The average Bonchev–Trinajstić information content (AvgIpc) is 2.29. The molecule has 70 valence electrons. The molecule has 12 heavy (non-hydrogen) atoms. The fraction of sp³-hybridized carbons (Fsp3) is 0.714. The molecule has 0 saturated carbocycles. The second-order valence-electron chi connectivity index (χ2n) is 2.54. The minimum Gasteiger partial charge on any atom is -0.318 e. The van der Waals surface area contributed by atoms with Gasteiger partial charge in [-0.3, -0.25) is 14.5 Å². The molecule has 0 bridgehead atoms. The maximum atomic E-state index is 11.0. The Labute approximate surface area is 77.7 Å². The standard InChI is InChI=1S/C7H12N2O2.ClH/c1-8-4-5-9-6(10)2-3-7(9)11;/h8H,2-5H2,1H3;1H. The van der Waals surface area contributed by atoms with E-state index < -0.39 is 0 Å². The van der Waals surface area contributed by atoms with E-state index in [0.717, 1.165) is 0 Å². The summed E-state index contributed by atoms with van der Waals surface area (Å²) in [5, 5.41) is 2.89. The van der Waals surface area contributed by atoms with Gasteiger partial charge in [0.25, 0.3) is 0 Å². The van der Waals surface area contributed by atoms with Crippen LogP contribution < -0.4 is 5.32 Å². The number of hydrogen-bond donors (Lipinski definition) is 1. The van der Waals surface area contributed by atoms with Gasteiger partial charge in [0.2, 0.25) is 11.8 Å². The lowest BCUT2D eigenvalue weighted by Gasteiger charge is -2.12. The van der Waals surface area contributed by atoms with Gasteiger partial charge in [-0.05, 0) is 7.05 Å². The Morgan fingerprint density at radius 2 is 1.83 bits per heavy atom. The second kappa shape index (κ2) is 5.11. The molecule has 2 amide bonds. The summed E-state index contributed by atoms with van der Waals surface area (Å²) in [6, 6.07) is 0. The highest BCUT2D eigenvalue weighted by molar-refractivity contribution is 6.01. The number of amides is 2. The first-order valence-corrected chi connectivity index (χ1v) is 3.73. The summed E-state index contributed by atoms with van der Waals surface area (Å²) >= 11 is 0. The molecule has 0 aromatic carbocycles. The van der Waals surface area contributed by atoms with Crippen molar-refractivity contribution in [3.63, 3.8) is 0 Å². The van der Waals surface area contributed by atoms with Crippen LogP contribution in [0.2, 0.25) is 0 Å². The van der Waals surface area contributed by atoms with Crippen molar-refractivity contribution in [3.8, 4) is 0 Å². The molecule has 1 heterocycles. The van der Waals surface area contributed by atoms with Gasteiger partial charge < -0.3 is 5.32 Å². The first-order valence-electron chi connectivity index (χ1n) is 3.73. The molecule has 1 aliphatic heterocycles. The predicted octanol–water partition coefficient (Wildman–Crippen LogP) is -0.223. The second-order valence-corrected chi connectivity index (χ2v) is 2.54. The van der Waals surface area contributed by atoms with Crippen LogP contribution in [0.5, 0.6) is 0 Å². The fourth-order valence-electron chi connectivity index (χ4n) is 1.10. The average molecular weight is 193 g/mol. The van der Waals surface area contributed by atoms with Gasteiger partial charge in [0, 0.05) is 25.9 Å². The van der Waals surface area contributed by atoms with Gasteiger partial charge in [-0.2, -0.15) is 0 Å². The van der Waals surface area contributed by atoms with E-state index in [4.69, 9.17) is 0 Å². The van der Waals surface area contributed by atoms with Crippen LogP contribution in [0.15, 0.2) is 0 Å². The Kier molecular flexibility index (Phi) is 4.85. The third kappa shape index (κ3) is 2.46. The first kappa shape index (κ1) is 11.4. The smallest absolute Gasteiger partial charge is 0.229 e. The summed E-state index contributed by atoms with van der Waals surface area (Å²) < 4.78 is 0. The maximum Gasteiger partial charge on any atom is 0.229 e. The van der Waals surface area contributed by atoms with Crippen LogP contribution in [-0.2, 0) is 9.59 Å². The van der Waals surface area contributed by atoms with Gasteiger partial charge in [0.15, 0.2) is 0 Å². The van der Waals surface area contributed by atoms with Crippen LogP contribution in [0.4, 0.5) is 0 Å². The van der Waals surface area contributed by atoms with E-state index in [0.29, 0.717) is 25.9 Å². The molecule has 0 spiro atoms. The Morgan fingerprint density at radius 3 is 2.25 bits per heavy atom. The number of hydrogen-bond acceptors (Lipinski definition) is 3. The van der Waals surface area contributed by atoms with E-state index in [1.54, 1.807) is 7.05 Å². The number of carbonyl (C=O) groups is 2. The van der Waals surface area contributed by atoms with Crippen molar-refractivity contribution in [2.75, 3.05) is 20.1 Å². The van der Waals surface area contributed by atoms with E-state index in [2.05, 4.69) is 5.32 Å². The third-order valence-corrected chi connectivity index (χ3v) is 1.74. The molecular formula is C7H13ClN2O2. The highest BCUT2D eigenvalue weighted by atomic mass is 35.5. The summed E-state index contributed by atoms with van der Waals surface area (Å²) in [6.07, 6.45) is 0.783. The molecule has 0 aromatic heterocycles. The molecule has 0 unspecified atom stereocenters. The summed E-state index contributed by atoms with van der Waals surface area (Å²) in [4.78, 5) is 23.3. The zero-order valence-electron chi connectivity index (χ0n) is 7.00. The molecule has 1 saturated heterocycles. The van der Waals surface area contributed by atoms with Crippen molar-refractivity contribution in [2.24, 2.45) is 0 Å². The molecule has 1 N–H and O–H groups in total. The largest absolute Gasteiger partial charge is 0.318 e. The third-order valence-electron chi connectivity index (χ3n) is 1.74. The van der Waals surface area contributed by atoms with Gasteiger partial charge in [0.1, 0.15) is 0 Å². The maximum absolute atomic E-state index is 11.0. The van der Waals surface area contributed by atoms with Crippen molar-refractivity contribution >= 4 is 24.2 Å². The Morgan fingerprint density at radius 1 is 1.33 bits per heavy atom. The highest BCUT2D eigenvalue weighted by Crippen LogP contribution is 2.09. The van der Waals surface area contributed by atoms with Crippen LogP contribution in [-0.4, -0.2) is 36.9 Å². The molecule has 5 heteroatoms. The quantitative estimate of drug-likeness (QED) is 0.629. The van der Waals surface area contributed by atoms with Crippen molar-refractivity contribution in [1.29, 1.82) is 0 Å². The zero-order valence-corrected chi connectivity index (χ0v) is 7.82. The molecule has 1 rings (SSSR count). The van der Waals surface area contributed by atoms with E-state index >= 15 is 0 Å². The number of nitrogens with zero attached hydrogens (tertiary/aromatic N) is 1. The first-order chi connectivity index (χ1) is 5.25. The zero-order chi connectivity index (χ0) is 8.27. The Balaban J connectivity index is 0.00000121. The molecule has 0 aliphatic carbocycles. The van der Waals surface area contributed by atoms with Crippen LogP contribution in [0, 0.1) is 0 Å². The normalized spacial score (nSPS) is 16.6. The number of rotatable bonds is 3. The predicted molar refractivity (Wildman–Crippen MR) is 47.1 cm³/mol. The molecular weight excluding hydrogens is 180 g/mol. The number of carbonyl (C=O) groups excluding carboxylic acids is 2. The Bertz CT molecular complexity index is 168. The molecule has 0 atom stereocenters. The van der Waals surface area contributed by atoms with Gasteiger partial charge in [0.05, 0.1) is 0 Å². The van der Waals surface area contributed by atoms with Crippen molar-refractivity contribution < 1.29 is 9.59 Å². The van der Waals surface area contributed by atoms with Crippen LogP contribution in [0.25, 0.3) is 0 Å². The Hall–Kier alpha value is -0.610. The monoisotopic (exact) mass is 192 g/mol. The van der Waals surface area contributed by atoms with E-state index in [1.165, 1.54) is 4.90 Å². The lowest BCUT2D eigenvalue weighted by molar-refractivity contribution is -0.138. The minimum atomic E-state index is -0.0368. The van der Waals surface area contributed by atoms with E-state index in [9.17, 15) is 9.59 Å². The van der Waals surface area contributed by atoms with E-state index in [1.807, 2.05) is 0 Å². The fourth-order valence-corrected chi connectivity index (χ4v) is 1.10. The van der Waals surface area contributed by atoms with Crippen molar-refractivity contribution in [2.45, 2.75) is 12.8 Å². The van der Waals surface area contributed by atoms with E-state index in [-0.39, 0.29) is 24.2 Å². The van der Waals surface area contributed by atoms with Gasteiger partial charge in [-0.15, -0.1) is 12.4 Å². The lowest BCUT2D eigenvalue weighted by Crippen LogP contribution is -2.34. The lowest BCUT2D eigenvalue weighted by atomic mass is 10.4. The highest BCUT2D eigenvalue weighted by Gasteiger charge is 2.27. The van der Waals surface area contributed by atoms with Crippen molar-refractivity contribution in [3.05, 3.63) is 0 Å². The SMILES string of the molecule is CNCCN1C(=O)CCC1=O.Cl. The van der Waals surface area contributed by atoms with Crippen LogP contribution in [0.3, 0.4) is 0 Å². The molecule has 1 aliphatic rings. The van der Waals surface area contributed by atoms with Gasteiger partial charge in [-0.25, -0.2) is 0 Å². The summed E-state index contributed by atoms with van der Waals surface area (Å²) in [5.74, 6) is -0.0736. The summed E-state index contributed by atoms with van der Waals surface area (Å²) in [7, 11) is 1.80. The summed E-state index contributed by atoms with van der Waals surface area (Å²) in [5.41, 5.74) is 0. The number of imide groups is 1. The number of likely N-dealkylation sites (N-methyl/N-ethyl adjacent to an activating group) is 1. The number of halogens is 1. The van der Waals surface area contributed by atoms with Gasteiger partial charge in [-0.1, -0.05) is 0 Å². The minimum absolute atomic E-state index is 0. The summed E-state index contributed by atoms with van der Waals surface area (Å²) in [6.45, 7) is 1.19. The molecule has 0 aromatic rings. The van der Waals surface area contributed by atoms with Crippen LogP contribution >= 0.6 is 12.4 Å². The molecule has 4 nitrogen and oxygen atoms in total. The van der Waals surface area contributed by atoms with Crippen LogP contribution in [0.1, 0.15) is 12.8 Å².